The summed E-state index contributed by atoms with van der Waals surface area (Å²) >= 11 is 0. The summed E-state index contributed by atoms with van der Waals surface area (Å²) in [6.07, 6.45) is 0. The van der Waals surface area contributed by atoms with Gasteiger partial charge in [-0.1, -0.05) is 35.4 Å². The molecule has 0 atom stereocenters. The molecule has 32 heavy (non-hydrogen) atoms. The van der Waals surface area contributed by atoms with Crippen molar-refractivity contribution >= 4 is 25.8 Å². The molecule has 0 fully saturated rings. The van der Waals surface area contributed by atoms with Crippen molar-refractivity contribution in [3.8, 4) is 5.75 Å². The van der Waals surface area contributed by atoms with Crippen LogP contribution in [0.15, 0.2) is 82.6 Å². The molecule has 0 N–H and O–H groups in total. The topological polar surface area (TPSA) is 90.0 Å². The van der Waals surface area contributed by atoms with Crippen LogP contribution in [-0.4, -0.2) is 37.1 Å². The predicted octanol–water partition coefficient (Wildman–Crippen LogP) is 3.91. The van der Waals surface area contributed by atoms with Crippen molar-refractivity contribution in [2.75, 3.05) is 24.6 Å². The Morgan fingerprint density at radius 2 is 1.22 bits per heavy atom. The average Bonchev–Trinajstić information content (AvgIpc) is 2.77. The highest BCUT2D eigenvalue weighted by Crippen LogP contribution is 2.26. The van der Waals surface area contributed by atoms with Gasteiger partial charge in [0.05, 0.1) is 35.7 Å². The van der Waals surface area contributed by atoms with Gasteiger partial charge in [-0.3, -0.25) is 8.49 Å². The molecule has 0 aromatic heterocycles. The van der Waals surface area contributed by atoms with Crippen LogP contribution >= 0.6 is 0 Å². The molecular weight excluding hydrogens is 450 g/mol. The molecule has 3 aromatic rings. The number of rotatable bonds is 9. The van der Waals surface area contributed by atoms with Gasteiger partial charge >= 0.3 is 0 Å². The van der Waals surface area contributed by atoms with Crippen LogP contribution in [0.4, 0.5) is 5.69 Å². The molecule has 0 heterocycles. The molecule has 0 amide bonds. The number of nitrogens with zero attached hydrogens (tertiary/aromatic N) is 1. The number of sulfonamides is 1. The van der Waals surface area contributed by atoms with Gasteiger partial charge in [0.2, 0.25) is 0 Å². The largest absolute Gasteiger partial charge is 0.497 e. The zero-order chi connectivity index (χ0) is 23.4. The van der Waals surface area contributed by atoms with E-state index in [4.69, 9.17) is 8.92 Å². The van der Waals surface area contributed by atoms with Crippen molar-refractivity contribution in [2.24, 2.45) is 0 Å². The summed E-state index contributed by atoms with van der Waals surface area (Å²) in [7, 11) is -6.47. The minimum absolute atomic E-state index is 0.0143. The molecular formula is C23H25NO6S2. The Hall–Kier alpha value is -2.88. The van der Waals surface area contributed by atoms with Gasteiger partial charge in [-0.05, 0) is 62.4 Å². The van der Waals surface area contributed by atoms with Crippen molar-refractivity contribution in [3.63, 3.8) is 0 Å². The maximum absolute atomic E-state index is 13.4. The molecule has 0 saturated carbocycles. The van der Waals surface area contributed by atoms with Crippen LogP contribution in [0.25, 0.3) is 0 Å². The molecule has 3 rings (SSSR count). The lowest BCUT2D eigenvalue weighted by Gasteiger charge is -2.24. The summed E-state index contributed by atoms with van der Waals surface area (Å²) < 4.78 is 63.1. The first-order valence-corrected chi connectivity index (χ1v) is 12.7. The highest BCUT2D eigenvalue weighted by Gasteiger charge is 2.26. The minimum Gasteiger partial charge on any atom is -0.497 e. The van der Waals surface area contributed by atoms with E-state index in [0.717, 1.165) is 15.4 Å². The molecule has 170 valence electrons. The summed E-state index contributed by atoms with van der Waals surface area (Å²) in [5.41, 5.74) is 2.20. The van der Waals surface area contributed by atoms with E-state index in [1.54, 1.807) is 48.5 Å². The second kappa shape index (κ2) is 9.72. The lowest BCUT2D eigenvalue weighted by Crippen LogP contribution is -2.34. The van der Waals surface area contributed by atoms with Gasteiger partial charge in [-0.2, -0.15) is 8.42 Å². The van der Waals surface area contributed by atoms with Gasteiger partial charge < -0.3 is 4.74 Å². The molecule has 7 nitrogen and oxygen atoms in total. The number of benzene rings is 3. The molecule has 0 aliphatic carbocycles. The van der Waals surface area contributed by atoms with Crippen LogP contribution in [0.3, 0.4) is 0 Å². The zero-order valence-corrected chi connectivity index (χ0v) is 19.7. The van der Waals surface area contributed by atoms with E-state index in [-0.39, 0.29) is 22.9 Å². The molecule has 3 aromatic carbocycles. The molecule has 0 bridgehead atoms. The third kappa shape index (κ3) is 5.48. The second-order valence-corrected chi connectivity index (χ2v) is 10.7. The Morgan fingerprint density at radius 3 is 1.72 bits per heavy atom. The molecule has 0 saturated heterocycles. The predicted molar refractivity (Wildman–Crippen MR) is 123 cm³/mol. The van der Waals surface area contributed by atoms with E-state index < -0.39 is 20.1 Å². The fourth-order valence-electron chi connectivity index (χ4n) is 2.98. The Balaban J connectivity index is 1.87. The van der Waals surface area contributed by atoms with Gasteiger partial charge in [-0.15, -0.1) is 0 Å². The average molecular weight is 476 g/mol. The molecule has 0 aliphatic heterocycles. The van der Waals surface area contributed by atoms with Crippen LogP contribution in [0.5, 0.6) is 5.75 Å². The van der Waals surface area contributed by atoms with Crippen molar-refractivity contribution in [1.29, 1.82) is 0 Å². The zero-order valence-electron chi connectivity index (χ0n) is 18.1. The Morgan fingerprint density at radius 1 is 0.719 bits per heavy atom. The molecule has 0 aliphatic rings. The maximum Gasteiger partial charge on any atom is 0.297 e. The quantitative estimate of drug-likeness (QED) is 0.436. The standard InChI is InChI=1S/C23H25NO6S2/c1-18-4-12-22(13-5-18)31(25,26)24(20-8-10-21(29-3)11-9-20)16-17-30-32(27,28)23-14-6-19(2)7-15-23/h4-15H,16-17H2,1-3H3. The number of anilines is 1. The fourth-order valence-corrected chi connectivity index (χ4v) is 5.32. The van der Waals surface area contributed by atoms with Gasteiger partial charge in [0.1, 0.15) is 5.75 Å². The van der Waals surface area contributed by atoms with Gasteiger partial charge in [0.15, 0.2) is 0 Å². The number of methoxy groups -OCH3 is 1. The molecule has 0 spiro atoms. The summed E-state index contributed by atoms with van der Waals surface area (Å²) in [6.45, 7) is 3.16. The van der Waals surface area contributed by atoms with Crippen molar-refractivity contribution in [2.45, 2.75) is 23.6 Å². The van der Waals surface area contributed by atoms with Gasteiger partial charge in [0.25, 0.3) is 20.1 Å². The number of hydrogen-bond donors (Lipinski definition) is 0. The molecule has 0 unspecified atom stereocenters. The Kier molecular flexibility index (Phi) is 7.22. The van der Waals surface area contributed by atoms with E-state index in [2.05, 4.69) is 0 Å². The SMILES string of the molecule is COc1ccc(N(CCOS(=O)(=O)c2ccc(C)cc2)S(=O)(=O)c2ccc(C)cc2)cc1. The second-order valence-electron chi connectivity index (χ2n) is 7.18. The molecule has 0 radical (unpaired) electrons. The third-order valence-corrected chi connectivity index (χ3v) is 7.98. The summed E-state index contributed by atoms with van der Waals surface area (Å²) in [5, 5.41) is 0. The van der Waals surface area contributed by atoms with Crippen LogP contribution in [0, 0.1) is 13.8 Å². The maximum atomic E-state index is 13.4. The third-order valence-electron chi connectivity index (χ3n) is 4.81. The lowest BCUT2D eigenvalue weighted by atomic mass is 10.2. The van der Waals surface area contributed by atoms with Gasteiger partial charge in [-0.25, -0.2) is 8.42 Å². The van der Waals surface area contributed by atoms with E-state index in [1.807, 2.05) is 13.8 Å². The lowest BCUT2D eigenvalue weighted by molar-refractivity contribution is 0.328. The Labute approximate surface area is 189 Å². The van der Waals surface area contributed by atoms with Crippen molar-refractivity contribution in [1.82, 2.24) is 0 Å². The van der Waals surface area contributed by atoms with E-state index in [1.165, 1.54) is 31.4 Å². The first-order chi connectivity index (χ1) is 15.1. The van der Waals surface area contributed by atoms with Crippen LogP contribution in [0.1, 0.15) is 11.1 Å². The summed E-state index contributed by atoms with van der Waals surface area (Å²) in [6, 6.07) is 19.2. The smallest absolute Gasteiger partial charge is 0.297 e. The molecule has 9 heteroatoms. The van der Waals surface area contributed by atoms with E-state index in [9.17, 15) is 16.8 Å². The first kappa shape index (κ1) is 23.8. The van der Waals surface area contributed by atoms with Crippen LogP contribution < -0.4 is 9.04 Å². The summed E-state index contributed by atoms with van der Waals surface area (Å²) in [4.78, 5) is 0.112. The fraction of sp³-hybridized carbons (Fsp3) is 0.217. The number of hydrogen-bond acceptors (Lipinski definition) is 6. The van der Waals surface area contributed by atoms with Crippen molar-refractivity contribution in [3.05, 3.63) is 83.9 Å². The van der Waals surface area contributed by atoms with E-state index in [0.29, 0.717) is 11.4 Å². The highest BCUT2D eigenvalue weighted by molar-refractivity contribution is 7.92. The van der Waals surface area contributed by atoms with Crippen LogP contribution in [0.2, 0.25) is 0 Å². The minimum atomic E-state index is -4.02. The van der Waals surface area contributed by atoms with Crippen LogP contribution in [-0.2, 0) is 24.3 Å². The van der Waals surface area contributed by atoms with Gasteiger partial charge in [0, 0.05) is 0 Å². The number of aryl methyl sites for hydroxylation is 2. The number of ether oxygens (including phenoxy) is 1. The normalized spacial score (nSPS) is 11.8. The first-order valence-electron chi connectivity index (χ1n) is 9.83. The summed E-state index contributed by atoms with van der Waals surface area (Å²) in [5.74, 6) is 0.569. The monoisotopic (exact) mass is 475 g/mol. The Bertz CT molecular complexity index is 1250. The van der Waals surface area contributed by atoms with E-state index >= 15 is 0 Å². The highest BCUT2D eigenvalue weighted by atomic mass is 32.2. The van der Waals surface area contributed by atoms with Crippen molar-refractivity contribution < 1.29 is 25.8 Å².